The van der Waals surface area contributed by atoms with E-state index in [2.05, 4.69) is 374 Å². The van der Waals surface area contributed by atoms with Crippen LogP contribution in [0.1, 0.15) is 0 Å². The Labute approximate surface area is 681 Å². The van der Waals surface area contributed by atoms with Gasteiger partial charge in [0.05, 0.1) is 66.9 Å². The van der Waals surface area contributed by atoms with Crippen LogP contribution in [-0.2, 0) is 0 Å². The van der Waals surface area contributed by atoms with Crippen molar-refractivity contribution in [1.29, 1.82) is 0 Å². The molecule has 0 amide bonds. The highest BCUT2D eigenvalue weighted by molar-refractivity contribution is 6.13. The lowest BCUT2D eigenvalue weighted by atomic mass is 10.0. The molecule has 0 N–H and O–H groups in total. The normalized spacial score (nSPS) is 11.4. The van der Waals surface area contributed by atoms with Gasteiger partial charge in [0.2, 0.25) is 0 Å². The molecule has 554 valence electrons. The standard InChI is InChI=1S/C46H30N4.C34H23N3.C28H19N3/c1-3-15-31(16-4-1)40-30-41(48-46(47-40)32-17-5-2-6-18-32)33-27-34(49-42-23-11-7-19-36(42)37-20-8-12-24-43(37)49)29-35(28-33)50-44-25-13-9-21-38(44)39-22-10-14-26-45(39)50;1-3-11-24(12-4-1)30-23-31(36-34(35-30)26-13-5-2-6-14-26)25-19-21-27(22-20-25)37-32-17-9-7-15-28(32)29-16-8-10-18-33(29)37;1-2-8-20(9-3-1)22-18-29-28(30-19-22)21-14-16-23(17-15-21)31-26-12-6-4-10-24(26)25-11-5-7-13-27(25)31/h1-30H;1-23H;1-19H. The van der Waals surface area contributed by atoms with Crippen LogP contribution >= 0.6 is 0 Å². The maximum Gasteiger partial charge on any atom is 0.160 e. The summed E-state index contributed by atoms with van der Waals surface area (Å²) in [5, 5.41) is 9.97. The molecule has 10 nitrogen and oxygen atoms in total. The summed E-state index contributed by atoms with van der Waals surface area (Å²) in [4.78, 5) is 29.4. The van der Waals surface area contributed by atoms with Crippen molar-refractivity contribution >= 4 is 87.2 Å². The first-order valence-corrected chi connectivity index (χ1v) is 39.7. The number of aromatic nitrogens is 10. The molecule has 0 saturated heterocycles. The van der Waals surface area contributed by atoms with E-state index in [1.54, 1.807) is 0 Å². The van der Waals surface area contributed by atoms with Crippen LogP contribution in [0, 0.1) is 0 Å². The van der Waals surface area contributed by atoms with Crippen LogP contribution in [0.2, 0.25) is 0 Å². The Balaban J connectivity index is 0.000000114. The Hall–Kier alpha value is -16.0. The van der Waals surface area contributed by atoms with Crippen LogP contribution in [0.5, 0.6) is 0 Å². The van der Waals surface area contributed by atoms with Gasteiger partial charge in [0, 0.05) is 123 Å². The van der Waals surface area contributed by atoms with Crippen molar-refractivity contribution in [2.45, 2.75) is 0 Å². The summed E-state index contributed by atoms with van der Waals surface area (Å²) in [5.41, 5.74) is 26.8. The quantitative estimate of drug-likeness (QED) is 0.121. The van der Waals surface area contributed by atoms with E-state index in [0.29, 0.717) is 5.82 Å². The fourth-order valence-corrected chi connectivity index (χ4v) is 16.7. The molecule has 0 fully saturated rings. The molecule has 0 saturated carbocycles. The number of nitrogens with zero attached hydrogens (tertiary/aromatic N) is 10. The van der Waals surface area contributed by atoms with Crippen LogP contribution in [0.25, 0.3) is 200 Å². The molecule has 0 radical (unpaired) electrons. The highest BCUT2D eigenvalue weighted by atomic mass is 15.0. The van der Waals surface area contributed by atoms with Crippen molar-refractivity contribution in [2.24, 2.45) is 0 Å². The van der Waals surface area contributed by atoms with E-state index in [0.717, 1.165) is 129 Å². The summed E-state index contributed by atoms with van der Waals surface area (Å²) in [5.74, 6) is 2.15. The molecule has 0 aliphatic heterocycles. The second-order valence-corrected chi connectivity index (χ2v) is 29.4. The molecule has 0 atom stereocenters. The molecule has 0 aliphatic rings. The fourth-order valence-electron chi connectivity index (χ4n) is 16.7. The molecule has 0 unspecified atom stereocenters. The molecule has 7 aromatic heterocycles. The number of hydrogen-bond acceptors (Lipinski definition) is 6. The lowest BCUT2D eigenvalue weighted by Crippen LogP contribution is -2.01. The van der Waals surface area contributed by atoms with Crippen molar-refractivity contribution in [3.05, 3.63) is 437 Å². The van der Waals surface area contributed by atoms with Gasteiger partial charge in [-0.15, -0.1) is 0 Å². The van der Waals surface area contributed by atoms with Gasteiger partial charge in [-0.05, 0) is 121 Å². The Bertz CT molecular complexity index is 7170. The maximum atomic E-state index is 5.26. The largest absolute Gasteiger partial charge is 0.309 e. The van der Waals surface area contributed by atoms with Crippen LogP contribution in [-0.4, -0.2) is 48.2 Å². The van der Waals surface area contributed by atoms with Crippen LogP contribution < -0.4 is 0 Å². The van der Waals surface area contributed by atoms with Crippen LogP contribution in [0.15, 0.2) is 437 Å². The molecule has 0 bridgehead atoms. The summed E-state index contributed by atoms with van der Waals surface area (Å²) in [7, 11) is 0. The van der Waals surface area contributed by atoms with E-state index in [4.69, 9.17) is 19.9 Å². The zero-order chi connectivity index (χ0) is 78.2. The molecule has 10 heteroatoms. The Kier molecular flexibility index (Phi) is 18.0. The summed E-state index contributed by atoms with van der Waals surface area (Å²) >= 11 is 0. The van der Waals surface area contributed by atoms with Gasteiger partial charge in [0.25, 0.3) is 0 Å². The van der Waals surface area contributed by atoms with Gasteiger partial charge in [-0.1, -0.05) is 309 Å². The highest BCUT2D eigenvalue weighted by Gasteiger charge is 2.22. The minimum atomic E-state index is 0.697. The lowest BCUT2D eigenvalue weighted by molar-refractivity contribution is 1.13. The number of hydrogen-bond donors (Lipinski definition) is 0. The summed E-state index contributed by atoms with van der Waals surface area (Å²) < 4.78 is 9.43. The molecule has 23 aromatic rings. The zero-order valence-corrected chi connectivity index (χ0v) is 64.0. The molecule has 7 heterocycles. The van der Waals surface area contributed by atoms with E-state index in [1.807, 2.05) is 91.3 Å². The van der Waals surface area contributed by atoms with Crippen LogP contribution in [0.4, 0.5) is 0 Å². The van der Waals surface area contributed by atoms with E-state index < -0.39 is 0 Å². The molecule has 0 aliphatic carbocycles. The molecule has 118 heavy (non-hydrogen) atoms. The van der Waals surface area contributed by atoms with E-state index >= 15 is 0 Å². The van der Waals surface area contributed by atoms with E-state index in [1.165, 1.54) is 65.2 Å². The smallest absolute Gasteiger partial charge is 0.160 e. The Morgan fingerprint density at radius 1 is 0.144 bits per heavy atom. The minimum Gasteiger partial charge on any atom is -0.309 e. The summed E-state index contributed by atoms with van der Waals surface area (Å²) in [6.07, 6.45) is 3.77. The van der Waals surface area contributed by atoms with Gasteiger partial charge in [-0.25, -0.2) is 29.9 Å². The Morgan fingerprint density at radius 3 is 0.661 bits per heavy atom. The third-order valence-electron chi connectivity index (χ3n) is 22.3. The number of fused-ring (bicyclic) bond motifs is 12. The van der Waals surface area contributed by atoms with Crippen molar-refractivity contribution in [3.63, 3.8) is 0 Å². The topological polar surface area (TPSA) is 97.1 Å². The molecular formula is C108H72N10. The lowest BCUT2D eigenvalue weighted by Gasteiger charge is -2.16. The first-order chi connectivity index (χ1) is 58.5. The van der Waals surface area contributed by atoms with E-state index in [9.17, 15) is 0 Å². The highest BCUT2D eigenvalue weighted by Crippen LogP contribution is 2.41. The molecule has 0 spiro atoms. The number of para-hydroxylation sites is 8. The van der Waals surface area contributed by atoms with Crippen molar-refractivity contribution < 1.29 is 0 Å². The molecule has 23 rings (SSSR count). The minimum absolute atomic E-state index is 0.697. The summed E-state index contributed by atoms with van der Waals surface area (Å²) in [6, 6.07) is 148. The molecule has 16 aromatic carbocycles. The number of rotatable bonds is 12. The predicted molar refractivity (Wildman–Crippen MR) is 487 cm³/mol. The zero-order valence-electron chi connectivity index (χ0n) is 64.0. The number of benzene rings is 16. The van der Waals surface area contributed by atoms with Crippen LogP contribution in [0.3, 0.4) is 0 Å². The van der Waals surface area contributed by atoms with Gasteiger partial charge < -0.3 is 18.3 Å². The Morgan fingerprint density at radius 2 is 0.364 bits per heavy atom. The predicted octanol–water partition coefficient (Wildman–Crippen LogP) is 27.2. The fraction of sp³-hybridized carbons (Fsp3) is 0. The van der Waals surface area contributed by atoms with Crippen molar-refractivity contribution in [2.75, 3.05) is 0 Å². The van der Waals surface area contributed by atoms with Gasteiger partial charge in [-0.3, -0.25) is 0 Å². The van der Waals surface area contributed by atoms with Gasteiger partial charge >= 0.3 is 0 Å². The second kappa shape index (κ2) is 30.5. The first kappa shape index (κ1) is 69.9. The first-order valence-electron chi connectivity index (χ1n) is 39.7. The van der Waals surface area contributed by atoms with E-state index in [-0.39, 0.29) is 0 Å². The third kappa shape index (κ3) is 13.0. The summed E-state index contributed by atoms with van der Waals surface area (Å²) in [6.45, 7) is 0. The maximum absolute atomic E-state index is 5.26. The van der Waals surface area contributed by atoms with Gasteiger partial charge in [0.1, 0.15) is 0 Å². The van der Waals surface area contributed by atoms with Gasteiger partial charge in [0.15, 0.2) is 17.5 Å². The average molecular weight is 1510 g/mol. The second-order valence-electron chi connectivity index (χ2n) is 29.4. The van der Waals surface area contributed by atoms with Crippen molar-refractivity contribution in [3.8, 4) is 113 Å². The van der Waals surface area contributed by atoms with Gasteiger partial charge in [-0.2, -0.15) is 0 Å². The van der Waals surface area contributed by atoms with Crippen molar-refractivity contribution in [1.82, 2.24) is 48.2 Å². The SMILES string of the molecule is c1ccc(-c2cc(-c3cc(-n4c5ccccc5c5ccccc54)cc(-n4c5ccccc5c5ccccc54)c3)nc(-c3ccccc3)n2)cc1.c1ccc(-c2cc(-c3ccc(-n4c5ccccc5c5ccccc54)cc3)nc(-c3ccccc3)n2)cc1.c1ccc(-c2cnc(-c3ccc(-n4c5ccccc5c5ccccc54)cc3)nc2)cc1. The third-order valence-corrected chi connectivity index (χ3v) is 22.3. The average Bonchev–Trinajstić information content (AvgIpc) is 1.58. The monoisotopic (exact) mass is 1510 g/mol. The molecular weight excluding hydrogens is 1440 g/mol.